The zero-order valence-electron chi connectivity index (χ0n) is 20.4. The van der Waals surface area contributed by atoms with Gasteiger partial charge in [0.25, 0.3) is 0 Å². The first-order valence-electron chi connectivity index (χ1n) is 11.8. The molecular weight excluding hydrogens is 462 g/mol. The molecule has 1 aromatic rings. The van der Waals surface area contributed by atoms with Crippen molar-refractivity contribution in [1.82, 2.24) is 9.03 Å². The van der Waals surface area contributed by atoms with Gasteiger partial charge >= 0.3 is 0 Å². The van der Waals surface area contributed by atoms with Crippen LogP contribution in [0.1, 0.15) is 60.3 Å². The third-order valence-electron chi connectivity index (χ3n) is 6.45. The van der Waals surface area contributed by atoms with Gasteiger partial charge in [0.15, 0.2) is 0 Å². The number of benzene rings is 1. The number of nitrogens with one attached hydrogen (secondary N) is 2. The van der Waals surface area contributed by atoms with Gasteiger partial charge in [0.2, 0.25) is 20.0 Å². The summed E-state index contributed by atoms with van der Waals surface area (Å²) in [6, 6.07) is 6.92. The average Bonchev–Trinajstić information content (AvgIpc) is 2.72. The summed E-state index contributed by atoms with van der Waals surface area (Å²) in [5.41, 5.74) is 0.883. The second-order valence-electron chi connectivity index (χ2n) is 10.4. The van der Waals surface area contributed by atoms with Crippen LogP contribution < -0.4 is 10.0 Å². The topological polar surface area (TPSA) is 105 Å². The van der Waals surface area contributed by atoms with Gasteiger partial charge in [-0.25, -0.2) is 21.6 Å². The summed E-state index contributed by atoms with van der Waals surface area (Å²) < 4.78 is 59.9. The van der Waals surface area contributed by atoms with Gasteiger partial charge in [0, 0.05) is 31.4 Å². The number of rotatable bonds is 7. The third kappa shape index (κ3) is 6.69. The van der Waals surface area contributed by atoms with Crippen molar-refractivity contribution >= 4 is 25.7 Å². The Bertz CT molecular complexity index is 986. The van der Waals surface area contributed by atoms with Crippen molar-refractivity contribution in [2.75, 3.05) is 25.0 Å². The summed E-state index contributed by atoms with van der Waals surface area (Å²) in [5.74, 6) is 0.458. The van der Waals surface area contributed by atoms with Crippen LogP contribution in [0.5, 0.6) is 0 Å². The number of nitrogens with zero attached hydrogens (tertiary/aromatic N) is 1. The van der Waals surface area contributed by atoms with E-state index in [2.05, 4.69) is 10.0 Å². The van der Waals surface area contributed by atoms with E-state index in [-0.39, 0.29) is 18.2 Å². The Morgan fingerprint density at radius 1 is 0.939 bits per heavy atom. The smallest absolute Gasteiger partial charge is 0.243 e. The first-order valence-corrected chi connectivity index (χ1v) is 14.7. The molecule has 2 aliphatic rings. The molecule has 1 aromatic carbocycles. The van der Waals surface area contributed by atoms with E-state index in [1.54, 1.807) is 32.9 Å². The summed E-state index contributed by atoms with van der Waals surface area (Å²) >= 11 is 0. The highest BCUT2D eigenvalue weighted by atomic mass is 32.2. The number of ether oxygens (including phenoxy) is 1. The van der Waals surface area contributed by atoms with Crippen molar-refractivity contribution in [1.29, 1.82) is 0 Å². The van der Waals surface area contributed by atoms with Gasteiger partial charge in [0.1, 0.15) is 0 Å². The normalized spacial score (nSPS) is 27.9. The summed E-state index contributed by atoms with van der Waals surface area (Å²) in [6.45, 7) is 10.4. The molecule has 1 aliphatic carbocycles. The van der Waals surface area contributed by atoms with Gasteiger partial charge in [-0.2, -0.15) is 4.31 Å². The second-order valence-corrected chi connectivity index (χ2v) is 14.8. The number of sulfonamides is 2. The number of morpholine rings is 1. The first kappa shape index (κ1) is 26.4. The van der Waals surface area contributed by atoms with Crippen LogP contribution in [0.4, 0.5) is 5.69 Å². The molecule has 0 amide bonds. The highest BCUT2D eigenvalue weighted by molar-refractivity contribution is 7.90. The van der Waals surface area contributed by atoms with Crippen LogP contribution in [0, 0.1) is 5.92 Å². The largest absolute Gasteiger partial charge is 0.385 e. The third-order valence-corrected chi connectivity index (χ3v) is 10.5. The van der Waals surface area contributed by atoms with E-state index in [1.165, 1.54) is 4.31 Å². The molecule has 0 spiro atoms. The van der Waals surface area contributed by atoms with Crippen molar-refractivity contribution in [3.05, 3.63) is 24.3 Å². The zero-order valence-corrected chi connectivity index (χ0v) is 22.0. The molecule has 2 atom stereocenters. The van der Waals surface area contributed by atoms with Crippen LogP contribution in [-0.2, 0) is 24.8 Å². The molecule has 1 aliphatic heterocycles. The minimum atomic E-state index is -3.54. The predicted molar refractivity (Wildman–Crippen MR) is 131 cm³/mol. The van der Waals surface area contributed by atoms with Crippen LogP contribution in [0.25, 0.3) is 0 Å². The van der Waals surface area contributed by atoms with Crippen LogP contribution >= 0.6 is 0 Å². The Morgan fingerprint density at radius 3 is 2.00 bits per heavy atom. The summed E-state index contributed by atoms with van der Waals surface area (Å²) in [7, 11) is -6.87. The van der Waals surface area contributed by atoms with Gasteiger partial charge in [-0.3, -0.25) is 0 Å². The molecule has 3 rings (SSSR count). The lowest BCUT2D eigenvalue weighted by Gasteiger charge is -2.34. The maximum atomic E-state index is 13.0. The minimum Gasteiger partial charge on any atom is -0.385 e. The zero-order chi connectivity index (χ0) is 24.4. The molecule has 2 fully saturated rings. The van der Waals surface area contributed by atoms with E-state index in [0.717, 1.165) is 37.9 Å². The van der Waals surface area contributed by atoms with Crippen LogP contribution in [-0.4, -0.2) is 63.8 Å². The van der Waals surface area contributed by atoms with E-state index in [9.17, 15) is 16.8 Å². The van der Waals surface area contributed by atoms with E-state index in [4.69, 9.17) is 4.74 Å². The number of hydrogen-bond donors (Lipinski definition) is 2. The highest BCUT2D eigenvalue weighted by Crippen LogP contribution is 2.27. The highest BCUT2D eigenvalue weighted by Gasteiger charge is 2.33. The molecule has 188 valence electrons. The van der Waals surface area contributed by atoms with Crippen molar-refractivity contribution in [3.63, 3.8) is 0 Å². The molecule has 1 saturated carbocycles. The van der Waals surface area contributed by atoms with Gasteiger partial charge in [-0.1, -0.05) is 0 Å². The van der Waals surface area contributed by atoms with E-state index in [1.807, 2.05) is 26.0 Å². The molecule has 0 unspecified atom stereocenters. The fourth-order valence-electron chi connectivity index (χ4n) is 4.36. The second kappa shape index (κ2) is 10.2. The summed E-state index contributed by atoms with van der Waals surface area (Å²) in [6.07, 6.45) is 3.31. The fourth-order valence-corrected chi connectivity index (χ4v) is 6.98. The maximum Gasteiger partial charge on any atom is 0.243 e. The quantitative estimate of drug-likeness (QED) is 0.595. The molecule has 0 bridgehead atoms. The van der Waals surface area contributed by atoms with Gasteiger partial charge in [-0.05, 0) is 90.5 Å². The number of anilines is 1. The lowest BCUT2D eigenvalue weighted by atomic mass is 9.86. The molecule has 8 nitrogen and oxygen atoms in total. The Hall–Kier alpha value is -1.20. The Balaban J connectivity index is 1.49. The van der Waals surface area contributed by atoms with Gasteiger partial charge in [0.05, 0.1) is 21.9 Å². The molecule has 10 heteroatoms. The Kier molecular flexibility index (Phi) is 8.16. The molecule has 1 saturated heterocycles. The maximum absolute atomic E-state index is 13.0. The number of hydrogen-bond acceptors (Lipinski definition) is 6. The van der Waals surface area contributed by atoms with Gasteiger partial charge < -0.3 is 10.1 Å². The lowest BCUT2D eigenvalue weighted by molar-refractivity contribution is -0.0440. The first-order chi connectivity index (χ1) is 15.3. The molecule has 0 radical (unpaired) electrons. The summed E-state index contributed by atoms with van der Waals surface area (Å²) in [5, 5.41) is 3.41. The predicted octanol–water partition coefficient (Wildman–Crippen LogP) is 3.17. The standard InChI is InChI=1S/C23H39N3O5S2/c1-17-15-26(16-18(2)31-17)32(27,28)22-12-10-20(11-13-22)24-14-19-6-8-21(9-7-19)25-33(29,30)23(3,4)5/h10-13,17-19,21,24-25H,6-9,14-16H2,1-5H3/t17-,18+,19?,21?. The minimum absolute atomic E-state index is 0.000545. The molecule has 2 N–H and O–H groups in total. The summed E-state index contributed by atoms with van der Waals surface area (Å²) in [4.78, 5) is 0.293. The van der Waals surface area contributed by atoms with Gasteiger partial charge in [-0.15, -0.1) is 0 Å². The van der Waals surface area contributed by atoms with Crippen LogP contribution in [0.15, 0.2) is 29.2 Å². The monoisotopic (exact) mass is 501 g/mol. The molecule has 1 heterocycles. The Morgan fingerprint density at radius 2 is 1.48 bits per heavy atom. The lowest BCUT2D eigenvalue weighted by Crippen LogP contribution is -2.48. The van der Waals surface area contributed by atoms with Crippen LogP contribution in [0.2, 0.25) is 0 Å². The van der Waals surface area contributed by atoms with E-state index < -0.39 is 24.8 Å². The SMILES string of the molecule is C[C@@H]1CN(S(=O)(=O)c2ccc(NCC3CCC(NS(=O)(=O)C(C)(C)C)CC3)cc2)C[C@H](C)O1. The van der Waals surface area contributed by atoms with Crippen molar-refractivity contribution in [2.45, 2.75) is 88.2 Å². The Labute approximate surface area is 199 Å². The molecule has 33 heavy (non-hydrogen) atoms. The van der Waals surface area contributed by atoms with Crippen molar-refractivity contribution < 1.29 is 21.6 Å². The van der Waals surface area contributed by atoms with Crippen molar-refractivity contribution in [3.8, 4) is 0 Å². The molecular formula is C23H39N3O5S2. The average molecular weight is 502 g/mol. The van der Waals surface area contributed by atoms with E-state index >= 15 is 0 Å². The fraction of sp³-hybridized carbons (Fsp3) is 0.739. The van der Waals surface area contributed by atoms with Crippen LogP contribution in [0.3, 0.4) is 0 Å². The van der Waals surface area contributed by atoms with Crippen molar-refractivity contribution in [2.24, 2.45) is 5.92 Å². The van der Waals surface area contributed by atoms with E-state index in [0.29, 0.717) is 23.9 Å². The molecule has 0 aromatic heterocycles.